The summed E-state index contributed by atoms with van der Waals surface area (Å²) in [6.45, 7) is 3.52. The molecular weight excluding hydrogens is 307 g/mol. The maximum absolute atomic E-state index is 13.1. The van der Waals surface area contributed by atoms with E-state index in [2.05, 4.69) is 4.90 Å². The first-order valence-corrected chi connectivity index (χ1v) is 8.93. The minimum Gasteiger partial charge on any atom is -0.357 e. The molecule has 1 atom stereocenters. The molecule has 0 aromatic heterocycles. The Kier molecular flexibility index (Phi) is 3.88. The van der Waals surface area contributed by atoms with Gasteiger partial charge in [0.25, 0.3) is 5.91 Å². The van der Waals surface area contributed by atoms with Gasteiger partial charge in [-0.15, -0.1) is 0 Å². The summed E-state index contributed by atoms with van der Waals surface area (Å²) in [4.78, 5) is 16.6. The van der Waals surface area contributed by atoms with Crippen molar-refractivity contribution in [3.63, 3.8) is 0 Å². The van der Waals surface area contributed by atoms with E-state index in [0.717, 1.165) is 57.3 Å². The fraction of sp³-hybridized carbons (Fsp3) is 0.632. The number of benzene rings is 1. The lowest BCUT2D eigenvalue weighted by Gasteiger charge is -2.45. The fourth-order valence-electron chi connectivity index (χ4n) is 4.26. The zero-order valence-electron chi connectivity index (χ0n) is 14.3. The van der Waals surface area contributed by atoms with Crippen LogP contribution in [0.15, 0.2) is 24.3 Å². The van der Waals surface area contributed by atoms with Gasteiger partial charge in [0.15, 0.2) is 0 Å². The van der Waals surface area contributed by atoms with E-state index >= 15 is 0 Å². The van der Waals surface area contributed by atoms with Crippen molar-refractivity contribution in [2.75, 3.05) is 26.7 Å². The molecule has 1 unspecified atom stereocenters. The van der Waals surface area contributed by atoms with Crippen molar-refractivity contribution in [1.82, 2.24) is 9.80 Å². The fourth-order valence-corrected chi connectivity index (χ4v) is 4.26. The highest BCUT2D eigenvalue weighted by Crippen LogP contribution is 2.49. The average molecular weight is 332 g/mol. The lowest BCUT2D eigenvalue weighted by atomic mass is 9.91. The van der Waals surface area contributed by atoms with Gasteiger partial charge in [-0.05, 0) is 56.3 Å². The number of carbonyl (C=O) groups excluding carboxylic acids is 1. The number of rotatable bonds is 2. The Morgan fingerprint density at radius 3 is 2.58 bits per heavy atom. The third-order valence-corrected chi connectivity index (χ3v) is 5.69. The summed E-state index contributed by atoms with van der Waals surface area (Å²) in [6.07, 6.45) is 4.77. The Morgan fingerprint density at radius 2 is 1.88 bits per heavy atom. The topological polar surface area (TPSA) is 32.8 Å². The van der Waals surface area contributed by atoms with Crippen molar-refractivity contribution in [2.45, 2.75) is 49.9 Å². The van der Waals surface area contributed by atoms with E-state index in [4.69, 9.17) is 4.74 Å². The van der Waals surface area contributed by atoms with Crippen LogP contribution in [0.4, 0.5) is 4.39 Å². The standard InChI is InChI=1S/C19H25FN2O2/c1-21-14-18(24-19(8-9-19)17(21)23)7-2-11-22(12-10-18)13-15-3-5-16(20)6-4-15/h3-6H,2,7-14H2,1H3. The molecule has 2 saturated heterocycles. The highest BCUT2D eigenvalue weighted by atomic mass is 19.1. The number of morpholine rings is 1. The molecular formula is C19H25FN2O2. The van der Waals surface area contributed by atoms with Crippen LogP contribution in [-0.4, -0.2) is 53.6 Å². The van der Waals surface area contributed by atoms with Gasteiger partial charge in [0.05, 0.1) is 5.60 Å². The number of hydrogen-bond donors (Lipinski definition) is 0. The summed E-state index contributed by atoms with van der Waals surface area (Å²) in [5, 5.41) is 0. The van der Waals surface area contributed by atoms with E-state index in [1.165, 1.54) is 12.1 Å². The molecule has 4 rings (SSSR count). The molecule has 1 aliphatic carbocycles. The summed E-state index contributed by atoms with van der Waals surface area (Å²) >= 11 is 0. The zero-order valence-corrected chi connectivity index (χ0v) is 14.3. The molecule has 2 heterocycles. The first-order chi connectivity index (χ1) is 11.5. The van der Waals surface area contributed by atoms with Gasteiger partial charge < -0.3 is 9.64 Å². The number of carbonyl (C=O) groups is 1. The van der Waals surface area contributed by atoms with Crippen molar-refractivity contribution >= 4 is 5.91 Å². The molecule has 2 spiro atoms. The Bertz CT molecular complexity index is 629. The predicted octanol–water partition coefficient (Wildman–Crippen LogP) is 2.57. The van der Waals surface area contributed by atoms with Crippen molar-refractivity contribution in [3.8, 4) is 0 Å². The van der Waals surface area contributed by atoms with Gasteiger partial charge in [0.2, 0.25) is 0 Å². The Balaban J connectivity index is 1.42. The van der Waals surface area contributed by atoms with Crippen LogP contribution >= 0.6 is 0 Å². The molecule has 24 heavy (non-hydrogen) atoms. The quantitative estimate of drug-likeness (QED) is 0.834. The molecule has 3 fully saturated rings. The molecule has 5 heteroatoms. The van der Waals surface area contributed by atoms with Crippen molar-refractivity contribution in [1.29, 1.82) is 0 Å². The highest BCUT2D eigenvalue weighted by Gasteiger charge is 2.60. The Labute approximate surface area is 142 Å². The maximum Gasteiger partial charge on any atom is 0.254 e. The third-order valence-electron chi connectivity index (χ3n) is 5.69. The SMILES string of the molecule is CN1CC2(CCCN(Cc3ccc(F)cc3)CC2)OC2(CC2)C1=O. The Hall–Kier alpha value is -1.46. The van der Waals surface area contributed by atoms with Gasteiger partial charge in [-0.1, -0.05) is 12.1 Å². The molecule has 1 aromatic rings. The minimum atomic E-state index is -0.501. The van der Waals surface area contributed by atoms with Crippen molar-refractivity contribution in [3.05, 3.63) is 35.6 Å². The zero-order chi connectivity index (χ0) is 16.8. The first-order valence-electron chi connectivity index (χ1n) is 8.93. The van der Waals surface area contributed by atoms with Crippen LogP contribution in [-0.2, 0) is 16.1 Å². The molecule has 130 valence electrons. The number of likely N-dealkylation sites (N-methyl/N-ethyl adjacent to an activating group) is 1. The summed E-state index contributed by atoms with van der Waals surface area (Å²) in [5.41, 5.74) is 0.457. The van der Waals surface area contributed by atoms with Gasteiger partial charge in [0.1, 0.15) is 11.4 Å². The normalized spacial score (nSPS) is 29.9. The largest absolute Gasteiger partial charge is 0.357 e. The van der Waals surface area contributed by atoms with Gasteiger partial charge >= 0.3 is 0 Å². The predicted molar refractivity (Wildman–Crippen MR) is 88.9 cm³/mol. The van der Waals surface area contributed by atoms with Crippen LogP contribution in [0.1, 0.15) is 37.7 Å². The first kappa shape index (κ1) is 16.0. The molecule has 0 bridgehead atoms. The van der Waals surface area contributed by atoms with Crippen molar-refractivity contribution in [2.24, 2.45) is 0 Å². The van der Waals surface area contributed by atoms with Crippen LogP contribution in [0.2, 0.25) is 0 Å². The van der Waals surface area contributed by atoms with Crippen LogP contribution in [0.25, 0.3) is 0 Å². The van der Waals surface area contributed by atoms with Gasteiger partial charge in [0, 0.05) is 26.7 Å². The molecule has 1 aromatic carbocycles. The molecule has 4 nitrogen and oxygen atoms in total. The molecule has 3 aliphatic rings. The smallest absolute Gasteiger partial charge is 0.254 e. The number of ether oxygens (including phenoxy) is 1. The molecule has 1 saturated carbocycles. The molecule has 0 radical (unpaired) electrons. The lowest BCUT2D eigenvalue weighted by molar-refractivity contribution is -0.190. The van der Waals surface area contributed by atoms with Gasteiger partial charge in [-0.25, -0.2) is 4.39 Å². The van der Waals surface area contributed by atoms with E-state index in [-0.39, 0.29) is 17.3 Å². The van der Waals surface area contributed by atoms with E-state index < -0.39 is 5.60 Å². The minimum absolute atomic E-state index is 0.167. The number of amides is 1. The average Bonchev–Trinajstić information content (AvgIpc) is 3.34. The monoisotopic (exact) mass is 332 g/mol. The molecule has 2 aliphatic heterocycles. The number of nitrogens with zero attached hydrogens (tertiary/aromatic N) is 2. The van der Waals surface area contributed by atoms with Crippen LogP contribution in [0, 0.1) is 5.82 Å². The number of likely N-dealkylation sites (tertiary alicyclic amines) is 1. The van der Waals surface area contributed by atoms with E-state index in [0.29, 0.717) is 6.54 Å². The number of halogens is 1. The van der Waals surface area contributed by atoms with Crippen molar-refractivity contribution < 1.29 is 13.9 Å². The summed E-state index contributed by atoms with van der Waals surface area (Å²) in [5.74, 6) is -0.0212. The second kappa shape index (κ2) is 5.81. The lowest BCUT2D eigenvalue weighted by Crippen LogP contribution is -2.59. The molecule has 1 amide bonds. The highest BCUT2D eigenvalue weighted by molar-refractivity contribution is 5.88. The van der Waals surface area contributed by atoms with E-state index in [1.807, 2.05) is 24.1 Å². The second-order valence-corrected chi connectivity index (χ2v) is 7.70. The van der Waals surface area contributed by atoms with E-state index in [9.17, 15) is 9.18 Å². The van der Waals surface area contributed by atoms with Gasteiger partial charge in [-0.3, -0.25) is 9.69 Å². The van der Waals surface area contributed by atoms with Crippen LogP contribution < -0.4 is 0 Å². The van der Waals surface area contributed by atoms with Gasteiger partial charge in [-0.2, -0.15) is 0 Å². The summed E-state index contributed by atoms with van der Waals surface area (Å²) in [6, 6.07) is 6.77. The maximum atomic E-state index is 13.1. The van der Waals surface area contributed by atoms with Crippen LogP contribution in [0.3, 0.4) is 0 Å². The second-order valence-electron chi connectivity index (χ2n) is 7.70. The number of hydrogen-bond acceptors (Lipinski definition) is 3. The molecule has 0 N–H and O–H groups in total. The third kappa shape index (κ3) is 2.95. The summed E-state index contributed by atoms with van der Waals surface area (Å²) < 4.78 is 19.5. The van der Waals surface area contributed by atoms with E-state index in [1.54, 1.807) is 0 Å². The Morgan fingerprint density at radius 1 is 1.12 bits per heavy atom. The summed E-state index contributed by atoms with van der Waals surface area (Å²) in [7, 11) is 1.91. The van der Waals surface area contributed by atoms with Crippen LogP contribution in [0.5, 0.6) is 0 Å².